The van der Waals surface area contributed by atoms with Crippen molar-refractivity contribution < 1.29 is 18.6 Å². The lowest BCUT2D eigenvalue weighted by molar-refractivity contribution is -0.274. The second kappa shape index (κ2) is 12.8. The second-order valence-electron chi connectivity index (χ2n) is 10.1. The smallest absolute Gasteiger partial charge is 0.200 e. The Labute approximate surface area is 181 Å². The van der Waals surface area contributed by atoms with Crippen LogP contribution in [0.1, 0.15) is 99.3 Å². The third-order valence-corrected chi connectivity index (χ3v) is 13.2. The number of unbranched alkanes of at least 4 members (excludes halogenated alkanes) is 5. The fraction of sp³-hybridized carbons (Fsp3) is 1.00. The number of fused-ring (bicyclic) bond motifs is 1. The molecule has 0 bridgehead atoms. The molecule has 0 aromatic heterocycles. The summed E-state index contributed by atoms with van der Waals surface area (Å²) in [6.07, 6.45) is 11.3. The SMILES string of the molecule is CC(C)[Si](OCCCCCCCC[C@@H]1OC[C@H]2OCCC[C@@H]2O1)(C(C)C)C(C)C. The van der Waals surface area contributed by atoms with E-state index in [1.165, 1.54) is 38.5 Å². The van der Waals surface area contributed by atoms with Gasteiger partial charge in [0.05, 0.1) is 12.7 Å². The molecule has 2 rings (SSSR count). The standard InChI is InChI=1S/C24H48O4Si/c1-19(2)29(20(3)4,21(5)6)27-17-12-10-8-7-9-11-15-24-26-18-23-22(28-24)14-13-16-25-23/h19-24H,7-18H2,1-6H3/t22-,23+,24+/m0/s1. The summed E-state index contributed by atoms with van der Waals surface area (Å²) in [5, 5.41) is 0. The number of ether oxygens (including phenoxy) is 3. The van der Waals surface area contributed by atoms with Crippen LogP contribution in [0.3, 0.4) is 0 Å². The van der Waals surface area contributed by atoms with E-state index in [9.17, 15) is 0 Å². The molecule has 0 N–H and O–H groups in total. The number of rotatable bonds is 13. The Kier molecular flexibility index (Phi) is 11.2. The molecule has 5 heteroatoms. The lowest BCUT2D eigenvalue weighted by Crippen LogP contribution is -2.47. The number of hydrogen-bond acceptors (Lipinski definition) is 4. The minimum Gasteiger partial charge on any atom is -0.416 e. The summed E-state index contributed by atoms with van der Waals surface area (Å²) in [6.45, 7) is 16.7. The van der Waals surface area contributed by atoms with E-state index in [1.807, 2.05) is 0 Å². The van der Waals surface area contributed by atoms with Crippen molar-refractivity contribution in [2.75, 3.05) is 19.8 Å². The van der Waals surface area contributed by atoms with Crippen molar-refractivity contribution in [2.24, 2.45) is 0 Å². The first-order valence-corrected chi connectivity index (χ1v) is 14.5. The summed E-state index contributed by atoms with van der Waals surface area (Å²) in [5.74, 6) is 0. The van der Waals surface area contributed by atoms with Gasteiger partial charge in [0.2, 0.25) is 0 Å². The summed E-state index contributed by atoms with van der Waals surface area (Å²) < 4.78 is 24.3. The van der Waals surface area contributed by atoms with Crippen molar-refractivity contribution in [2.45, 2.75) is 134 Å². The fourth-order valence-corrected chi connectivity index (χ4v) is 11.1. The van der Waals surface area contributed by atoms with Gasteiger partial charge >= 0.3 is 0 Å². The van der Waals surface area contributed by atoms with Gasteiger partial charge in [-0.15, -0.1) is 0 Å². The van der Waals surface area contributed by atoms with Gasteiger partial charge in [-0.1, -0.05) is 67.2 Å². The predicted octanol–water partition coefficient (Wildman–Crippen LogP) is 6.83. The average molecular weight is 429 g/mol. The van der Waals surface area contributed by atoms with Gasteiger partial charge in [0.15, 0.2) is 14.6 Å². The van der Waals surface area contributed by atoms with E-state index >= 15 is 0 Å². The Hall–Kier alpha value is 0.0569. The van der Waals surface area contributed by atoms with E-state index in [1.54, 1.807) is 0 Å². The third kappa shape index (κ3) is 7.31. The molecule has 0 aliphatic carbocycles. The molecule has 172 valence electrons. The van der Waals surface area contributed by atoms with Crippen molar-refractivity contribution in [3.63, 3.8) is 0 Å². The second-order valence-corrected chi connectivity index (χ2v) is 15.5. The molecule has 2 saturated heterocycles. The molecule has 0 aromatic carbocycles. The summed E-state index contributed by atoms with van der Waals surface area (Å²) in [4.78, 5) is 0. The van der Waals surface area contributed by atoms with Gasteiger partial charge in [0, 0.05) is 13.2 Å². The van der Waals surface area contributed by atoms with Crippen LogP contribution in [-0.2, 0) is 18.6 Å². The van der Waals surface area contributed by atoms with Crippen LogP contribution >= 0.6 is 0 Å². The van der Waals surface area contributed by atoms with Crippen LogP contribution in [0.4, 0.5) is 0 Å². The van der Waals surface area contributed by atoms with Crippen molar-refractivity contribution in [1.29, 1.82) is 0 Å². The van der Waals surface area contributed by atoms with Gasteiger partial charge in [-0.3, -0.25) is 0 Å². The lowest BCUT2D eigenvalue weighted by Gasteiger charge is -2.42. The minimum atomic E-state index is -1.68. The first-order valence-electron chi connectivity index (χ1n) is 12.4. The predicted molar refractivity (Wildman–Crippen MR) is 123 cm³/mol. The molecule has 2 aliphatic rings. The molecule has 0 saturated carbocycles. The van der Waals surface area contributed by atoms with Gasteiger partial charge in [0.25, 0.3) is 0 Å². The molecule has 4 nitrogen and oxygen atoms in total. The molecule has 0 radical (unpaired) electrons. The minimum absolute atomic E-state index is 0.00691. The van der Waals surface area contributed by atoms with E-state index in [4.69, 9.17) is 18.6 Å². The summed E-state index contributed by atoms with van der Waals surface area (Å²) in [5.41, 5.74) is 2.05. The molecule has 3 atom stereocenters. The first-order chi connectivity index (χ1) is 13.9. The highest BCUT2D eigenvalue weighted by Crippen LogP contribution is 2.42. The van der Waals surface area contributed by atoms with E-state index in [0.717, 1.165) is 32.5 Å². The van der Waals surface area contributed by atoms with Crippen molar-refractivity contribution in [1.82, 2.24) is 0 Å². The molecule has 2 fully saturated rings. The van der Waals surface area contributed by atoms with Gasteiger partial charge in [-0.2, -0.15) is 0 Å². The van der Waals surface area contributed by atoms with Crippen LogP contribution < -0.4 is 0 Å². The highest BCUT2D eigenvalue weighted by Gasteiger charge is 2.44. The van der Waals surface area contributed by atoms with Gasteiger partial charge < -0.3 is 18.6 Å². The molecule has 0 unspecified atom stereocenters. The Morgan fingerprint density at radius 3 is 2.07 bits per heavy atom. The van der Waals surface area contributed by atoms with Gasteiger partial charge in [-0.05, 0) is 48.7 Å². The molecule has 29 heavy (non-hydrogen) atoms. The quantitative estimate of drug-likeness (QED) is 0.238. The van der Waals surface area contributed by atoms with Crippen molar-refractivity contribution >= 4 is 8.32 Å². The Morgan fingerprint density at radius 2 is 1.41 bits per heavy atom. The van der Waals surface area contributed by atoms with Crippen LogP contribution in [0.2, 0.25) is 16.6 Å². The monoisotopic (exact) mass is 428 g/mol. The van der Waals surface area contributed by atoms with Gasteiger partial charge in [-0.25, -0.2) is 0 Å². The maximum Gasteiger partial charge on any atom is 0.200 e. The van der Waals surface area contributed by atoms with Crippen molar-refractivity contribution in [3.05, 3.63) is 0 Å². The van der Waals surface area contributed by atoms with Crippen LogP contribution in [0.5, 0.6) is 0 Å². The zero-order valence-corrected chi connectivity index (χ0v) is 21.1. The molecule has 0 amide bonds. The zero-order valence-electron chi connectivity index (χ0n) is 20.1. The van der Waals surface area contributed by atoms with Crippen molar-refractivity contribution in [3.8, 4) is 0 Å². The third-order valence-electron chi connectivity index (χ3n) is 7.05. The van der Waals surface area contributed by atoms with Crippen LogP contribution in [0, 0.1) is 0 Å². The van der Waals surface area contributed by atoms with Gasteiger partial charge in [0.1, 0.15) is 6.10 Å². The number of hydrogen-bond donors (Lipinski definition) is 0. The normalized spacial score (nSPS) is 25.8. The summed E-state index contributed by atoms with van der Waals surface area (Å²) >= 11 is 0. The van der Waals surface area contributed by atoms with Crippen LogP contribution in [-0.4, -0.2) is 46.6 Å². The van der Waals surface area contributed by atoms with E-state index in [0.29, 0.717) is 23.2 Å². The summed E-state index contributed by atoms with van der Waals surface area (Å²) in [7, 11) is -1.68. The van der Waals surface area contributed by atoms with Crippen LogP contribution in [0.25, 0.3) is 0 Å². The molecule has 0 aromatic rings. The Bertz CT molecular complexity index is 419. The zero-order chi connectivity index (χ0) is 21.3. The molecular formula is C24H48O4Si. The van der Waals surface area contributed by atoms with Crippen LogP contribution in [0.15, 0.2) is 0 Å². The Balaban J connectivity index is 1.51. The maximum absolute atomic E-state index is 6.66. The molecule has 2 aliphatic heterocycles. The fourth-order valence-electron chi connectivity index (χ4n) is 5.58. The Morgan fingerprint density at radius 1 is 0.793 bits per heavy atom. The lowest BCUT2D eigenvalue weighted by atomic mass is 10.0. The first kappa shape index (κ1) is 25.3. The highest BCUT2D eigenvalue weighted by molar-refractivity contribution is 6.77. The molecular weight excluding hydrogens is 380 g/mol. The van der Waals surface area contributed by atoms with E-state index in [-0.39, 0.29) is 18.5 Å². The molecule has 0 spiro atoms. The largest absolute Gasteiger partial charge is 0.416 e. The topological polar surface area (TPSA) is 36.9 Å². The van der Waals surface area contributed by atoms with E-state index in [2.05, 4.69) is 41.5 Å². The van der Waals surface area contributed by atoms with E-state index < -0.39 is 8.32 Å². The average Bonchev–Trinajstić information content (AvgIpc) is 2.68. The maximum atomic E-state index is 6.66. The summed E-state index contributed by atoms with van der Waals surface area (Å²) in [6, 6.07) is 0. The highest BCUT2D eigenvalue weighted by atomic mass is 28.4. The molecule has 2 heterocycles.